The molecule has 1 fully saturated rings. The van der Waals surface area contributed by atoms with E-state index in [4.69, 9.17) is 0 Å². The van der Waals surface area contributed by atoms with Gasteiger partial charge in [0.1, 0.15) is 0 Å². The van der Waals surface area contributed by atoms with E-state index in [1.54, 1.807) is 0 Å². The number of nitrogens with zero attached hydrogens (tertiary/aromatic N) is 1. The van der Waals surface area contributed by atoms with Gasteiger partial charge < -0.3 is 5.32 Å². The summed E-state index contributed by atoms with van der Waals surface area (Å²) >= 11 is 0.853. The van der Waals surface area contributed by atoms with E-state index in [2.05, 4.69) is 10.3 Å². The summed E-state index contributed by atoms with van der Waals surface area (Å²) in [5.41, 5.74) is 0. The van der Waals surface area contributed by atoms with Crippen molar-refractivity contribution in [3.8, 4) is 0 Å². The summed E-state index contributed by atoms with van der Waals surface area (Å²) in [6, 6.07) is 0. The fraction of sp³-hybridized carbons (Fsp3) is 0.500. The minimum Gasteiger partial charge on any atom is -0.302 e. The lowest BCUT2D eigenvalue weighted by molar-refractivity contribution is -0.117. The first-order chi connectivity index (χ1) is 6.16. The number of nitrogens with one attached hydrogen (secondary N) is 1. The van der Waals surface area contributed by atoms with E-state index in [9.17, 15) is 9.18 Å². The number of halogens is 1. The molecule has 1 aromatic rings. The minimum atomic E-state index is -0.376. The highest BCUT2D eigenvalue weighted by atomic mass is 32.1. The number of rotatable bonds is 2. The zero-order valence-corrected chi connectivity index (χ0v) is 7.90. The highest BCUT2D eigenvalue weighted by Crippen LogP contribution is 2.38. The summed E-state index contributed by atoms with van der Waals surface area (Å²) in [6.45, 7) is 2.02. The van der Waals surface area contributed by atoms with E-state index in [0.717, 1.165) is 24.0 Å². The third kappa shape index (κ3) is 1.85. The molecule has 0 aliphatic heterocycles. The zero-order chi connectivity index (χ0) is 9.42. The maximum Gasteiger partial charge on any atom is 0.229 e. The summed E-state index contributed by atoms with van der Waals surface area (Å²) in [4.78, 5) is 15.0. The Kier molecular flexibility index (Phi) is 2.03. The highest BCUT2D eigenvalue weighted by molar-refractivity contribution is 7.14. The fourth-order valence-corrected chi connectivity index (χ4v) is 1.74. The first kappa shape index (κ1) is 8.62. The zero-order valence-electron chi connectivity index (χ0n) is 7.08. The van der Waals surface area contributed by atoms with Crippen LogP contribution in [0.25, 0.3) is 0 Å². The fourth-order valence-electron chi connectivity index (χ4n) is 1.20. The van der Waals surface area contributed by atoms with Crippen molar-refractivity contribution in [3.63, 3.8) is 0 Å². The van der Waals surface area contributed by atoms with E-state index in [1.165, 1.54) is 0 Å². The minimum absolute atomic E-state index is 0.0400. The van der Waals surface area contributed by atoms with E-state index in [-0.39, 0.29) is 17.0 Å². The Labute approximate surface area is 79.0 Å². The van der Waals surface area contributed by atoms with E-state index < -0.39 is 0 Å². The van der Waals surface area contributed by atoms with Crippen LogP contribution < -0.4 is 5.32 Å². The number of anilines is 1. The largest absolute Gasteiger partial charge is 0.302 e. The van der Waals surface area contributed by atoms with Crippen LogP contribution >= 0.6 is 11.3 Å². The van der Waals surface area contributed by atoms with Gasteiger partial charge >= 0.3 is 0 Å². The third-order valence-electron chi connectivity index (χ3n) is 2.15. The van der Waals surface area contributed by atoms with Gasteiger partial charge in [0.15, 0.2) is 10.3 Å². The second-order valence-electron chi connectivity index (χ2n) is 3.28. The van der Waals surface area contributed by atoms with Crippen LogP contribution in [0.4, 0.5) is 9.52 Å². The van der Waals surface area contributed by atoms with Gasteiger partial charge in [0, 0.05) is 5.92 Å². The molecule has 2 unspecified atom stereocenters. The molecule has 0 aromatic carbocycles. The van der Waals surface area contributed by atoms with Crippen molar-refractivity contribution >= 4 is 22.4 Å². The van der Waals surface area contributed by atoms with Crippen LogP contribution in [-0.2, 0) is 4.79 Å². The summed E-state index contributed by atoms with van der Waals surface area (Å²) in [6.07, 6.45) is 2.04. The van der Waals surface area contributed by atoms with Gasteiger partial charge in [0.2, 0.25) is 5.91 Å². The van der Waals surface area contributed by atoms with Crippen LogP contribution in [-0.4, -0.2) is 10.9 Å². The Morgan fingerprint density at radius 1 is 1.85 bits per heavy atom. The Morgan fingerprint density at radius 2 is 2.54 bits per heavy atom. The predicted octanol–water partition coefficient (Wildman–Crippen LogP) is 1.88. The lowest BCUT2D eigenvalue weighted by Gasteiger charge is -1.97. The van der Waals surface area contributed by atoms with Gasteiger partial charge in [-0.25, -0.2) is 4.98 Å². The summed E-state index contributed by atoms with van der Waals surface area (Å²) in [5.74, 6) is 0.527. The molecular weight excluding hydrogens is 191 g/mol. The quantitative estimate of drug-likeness (QED) is 0.792. The van der Waals surface area contributed by atoms with Crippen LogP contribution in [0, 0.1) is 17.0 Å². The average molecular weight is 200 g/mol. The van der Waals surface area contributed by atoms with E-state index >= 15 is 0 Å². The van der Waals surface area contributed by atoms with Gasteiger partial charge in [0.25, 0.3) is 0 Å². The molecule has 70 valence electrons. The van der Waals surface area contributed by atoms with E-state index in [1.807, 2.05) is 6.92 Å². The van der Waals surface area contributed by atoms with Crippen molar-refractivity contribution in [1.82, 2.24) is 4.98 Å². The smallest absolute Gasteiger partial charge is 0.229 e. The number of amides is 1. The summed E-state index contributed by atoms with van der Waals surface area (Å²) in [5, 5.41) is 2.56. The van der Waals surface area contributed by atoms with Crippen LogP contribution in [0.1, 0.15) is 13.3 Å². The number of hydrogen-bond donors (Lipinski definition) is 1. The van der Waals surface area contributed by atoms with Crippen LogP contribution in [0.15, 0.2) is 6.20 Å². The predicted molar refractivity (Wildman–Crippen MR) is 48.0 cm³/mol. The van der Waals surface area contributed by atoms with E-state index in [0.29, 0.717) is 11.0 Å². The summed E-state index contributed by atoms with van der Waals surface area (Å²) < 4.78 is 12.5. The van der Waals surface area contributed by atoms with Crippen molar-refractivity contribution in [2.45, 2.75) is 13.3 Å². The second kappa shape index (κ2) is 3.06. The maximum absolute atomic E-state index is 12.5. The van der Waals surface area contributed by atoms with Gasteiger partial charge in [-0.2, -0.15) is 4.39 Å². The number of carbonyl (C=O) groups is 1. The first-order valence-corrected chi connectivity index (χ1v) is 4.90. The Morgan fingerprint density at radius 3 is 3.00 bits per heavy atom. The van der Waals surface area contributed by atoms with Crippen LogP contribution in [0.2, 0.25) is 0 Å². The van der Waals surface area contributed by atoms with Crippen molar-refractivity contribution in [2.24, 2.45) is 11.8 Å². The molecule has 0 radical (unpaired) electrons. The number of hydrogen-bond acceptors (Lipinski definition) is 3. The molecule has 3 nitrogen and oxygen atoms in total. The first-order valence-electron chi connectivity index (χ1n) is 4.09. The molecule has 2 rings (SSSR count). The molecule has 0 bridgehead atoms. The van der Waals surface area contributed by atoms with Crippen LogP contribution in [0.3, 0.4) is 0 Å². The van der Waals surface area contributed by atoms with Gasteiger partial charge in [-0.3, -0.25) is 4.79 Å². The van der Waals surface area contributed by atoms with Gasteiger partial charge in [0.05, 0.1) is 6.20 Å². The standard InChI is InChI=1S/C8H9FN2OS/c1-4-2-5(4)7(12)11-8-10-3-6(9)13-8/h3-5H,2H2,1H3,(H,10,11,12). The molecule has 1 heterocycles. The molecule has 1 N–H and O–H groups in total. The van der Waals surface area contributed by atoms with Crippen molar-refractivity contribution < 1.29 is 9.18 Å². The molecule has 0 saturated heterocycles. The molecule has 1 saturated carbocycles. The maximum atomic E-state index is 12.5. The molecule has 1 amide bonds. The summed E-state index contributed by atoms with van der Waals surface area (Å²) in [7, 11) is 0. The highest BCUT2D eigenvalue weighted by Gasteiger charge is 2.39. The third-order valence-corrected chi connectivity index (χ3v) is 2.86. The Balaban J connectivity index is 1.95. The van der Waals surface area contributed by atoms with Gasteiger partial charge in [-0.05, 0) is 12.3 Å². The molecule has 1 aliphatic rings. The number of aromatic nitrogens is 1. The number of carbonyl (C=O) groups excluding carboxylic acids is 1. The topological polar surface area (TPSA) is 42.0 Å². The molecule has 1 aromatic heterocycles. The van der Waals surface area contributed by atoms with Crippen molar-refractivity contribution in [1.29, 1.82) is 0 Å². The van der Waals surface area contributed by atoms with Crippen LogP contribution in [0.5, 0.6) is 0 Å². The van der Waals surface area contributed by atoms with Crippen molar-refractivity contribution in [3.05, 3.63) is 11.3 Å². The molecular formula is C8H9FN2OS. The Hall–Kier alpha value is -0.970. The Bertz CT molecular complexity index is 339. The second-order valence-corrected chi connectivity index (χ2v) is 4.26. The molecule has 13 heavy (non-hydrogen) atoms. The molecule has 5 heteroatoms. The molecule has 1 aliphatic carbocycles. The number of thiazole rings is 1. The lowest BCUT2D eigenvalue weighted by Crippen LogP contribution is -2.13. The SMILES string of the molecule is CC1CC1C(=O)Nc1ncc(F)s1. The normalized spacial score (nSPS) is 25.7. The lowest BCUT2D eigenvalue weighted by atomic mass is 10.3. The monoisotopic (exact) mass is 200 g/mol. The molecule has 0 spiro atoms. The van der Waals surface area contributed by atoms with Crippen molar-refractivity contribution in [2.75, 3.05) is 5.32 Å². The average Bonchev–Trinajstić information content (AvgIpc) is 2.66. The van der Waals surface area contributed by atoms with Gasteiger partial charge in [-0.15, -0.1) is 0 Å². The van der Waals surface area contributed by atoms with Gasteiger partial charge in [-0.1, -0.05) is 18.3 Å². The molecule has 2 atom stereocenters.